The summed E-state index contributed by atoms with van der Waals surface area (Å²) in [5, 5.41) is 0. The van der Waals surface area contributed by atoms with E-state index >= 15 is 0 Å². The van der Waals surface area contributed by atoms with Crippen LogP contribution in [0.1, 0.15) is 23.0 Å². The van der Waals surface area contributed by atoms with E-state index in [9.17, 15) is 9.59 Å². The van der Waals surface area contributed by atoms with Gasteiger partial charge in [0, 0.05) is 12.4 Å². The summed E-state index contributed by atoms with van der Waals surface area (Å²) < 4.78 is 5.31. The minimum Gasteiger partial charge on any atom is -0.484 e. The molecule has 1 aromatic heterocycles. The van der Waals surface area contributed by atoms with Crippen molar-refractivity contribution in [2.75, 3.05) is 6.61 Å². The number of carbonyl (C=O) groups excluding carboxylic acids is 2. The Morgan fingerprint density at radius 1 is 1.14 bits per heavy atom. The highest BCUT2D eigenvalue weighted by atomic mass is 16.5. The van der Waals surface area contributed by atoms with Gasteiger partial charge in [0.1, 0.15) is 11.4 Å². The number of hydrogen-bond donors (Lipinski definition) is 2. The number of ether oxygens (including phenoxy) is 1. The number of hydrazine groups is 1. The van der Waals surface area contributed by atoms with E-state index in [1.807, 2.05) is 12.1 Å². The van der Waals surface area contributed by atoms with Gasteiger partial charge in [-0.25, -0.2) is 4.98 Å². The van der Waals surface area contributed by atoms with Gasteiger partial charge >= 0.3 is 0 Å². The third kappa shape index (κ3) is 4.55. The van der Waals surface area contributed by atoms with Crippen LogP contribution in [-0.2, 0) is 11.2 Å². The minimum absolute atomic E-state index is 0.110. The minimum atomic E-state index is -0.547. The van der Waals surface area contributed by atoms with Crippen LogP contribution < -0.4 is 15.6 Å². The maximum atomic E-state index is 11.6. The molecule has 0 fully saturated rings. The second-order valence-corrected chi connectivity index (χ2v) is 4.38. The molecule has 2 N–H and O–H groups in total. The molecule has 0 aliphatic heterocycles. The summed E-state index contributed by atoms with van der Waals surface area (Å²) in [7, 11) is 0. The van der Waals surface area contributed by atoms with Crippen LogP contribution in [0, 0.1) is 0 Å². The second-order valence-electron chi connectivity index (χ2n) is 4.38. The average Bonchev–Trinajstić information content (AvgIpc) is 2.59. The van der Waals surface area contributed by atoms with Gasteiger partial charge in [-0.1, -0.05) is 19.1 Å². The Bertz CT molecular complexity index is 629. The first kappa shape index (κ1) is 15.4. The Hall–Kier alpha value is -2.96. The monoisotopic (exact) mass is 300 g/mol. The fraction of sp³-hybridized carbons (Fsp3) is 0.200. The van der Waals surface area contributed by atoms with E-state index in [2.05, 4.69) is 27.7 Å². The molecule has 0 radical (unpaired) electrons. The van der Waals surface area contributed by atoms with Gasteiger partial charge in [0.25, 0.3) is 11.8 Å². The van der Waals surface area contributed by atoms with Crippen molar-refractivity contribution >= 4 is 11.8 Å². The maximum Gasteiger partial charge on any atom is 0.289 e. The molecule has 114 valence electrons. The van der Waals surface area contributed by atoms with Gasteiger partial charge in [0.15, 0.2) is 6.61 Å². The molecule has 2 aromatic rings. The van der Waals surface area contributed by atoms with Crippen LogP contribution in [0.3, 0.4) is 0 Å². The SMILES string of the molecule is CCc1ccc(OCC(=O)NNC(=O)c2cnccn2)cc1. The molecular formula is C15H16N4O3. The standard InChI is InChI=1S/C15H16N4O3/c1-2-11-3-5-12(6-4-11)22-10-14(20)18-19-15(21)13-9-16-7-8-17-13/h3-9H,2,10H2,1H3,(H,18,20)(H,19,21). The van der Waals surface area contributed by atoms with Crippen molar-refractivity contribution in [3.8, 4) is 5.75 Å². The zero-order valence-electron chi connectivity index (χ0n) is 12.1. The van der Waals surface area contributed by atoms with Crippen LogP contribution >= 0.6 is 0 Å². The highest BCUT2D eigenvalue weighted by Gasteiger charge is 2.08. The van der Waals surface area contributed by atoms with Gasteiger partial charge in [-0.15, -0.1) is 0 Å². The second kappa shape index (κ2) is 7.72. The number of nitrogens with zero attached hydrogens (tertiary/aromatic N) is 2. The molecule has 1 heterocycles. The fourth-order valence-corrected chi connectivity index (χ4v) is 1.61. The van der Waals surface area contributed by atoms with Crippen molar-refractivity contribution in [2.24, 2.45) is 0 Å². The number of carbonyl (C=O) groups is 2. The molecule has 0 aliphatic carbocycles. The lowest BCUT2D eigenvalue weighted by atomic mass is 10.2. The summed E-state index contributed by atoms with van der Waals surface area (Å²) in [4.78, 5) is 30.8. The molecule has 1 aromatic carbocycles. The summed E-state index contributed by atoms with van der Waals surface area (Å²) in [5.41, 5.74) is 5.77. The van der Waals surface area contributed by atoms with Crippen LogP contribution in [0.25, 0.3) is 0 Å². The molecular weight excluding hydrogens is 284 g/mol. The molecule has 7 nitrogen and oxygen atoms in total. The molecule has 0 spiro atoms. The Balaban J connectivity index is 1.74. The number of nitrogens with one attached hydrogen (secondary N) is 2. The molecule has 0 unspecified atom stereocenters. The van der Waals surface area contributed by atoms with E-state index in [1.165, 1.54) is 24.2 Å². The van der Waals surface area contributed by atoms with Gasteiger partial charge < -0.3 is 4.74 Å². The molecule has 0 aliphatic rings. The normalized spacial score (nSPS) is 9.86. The maximum absolute atomic E-state index is 11.6. The molecule has 7 heteroatoms. The highest BCUT2D eigenvalue weighted by molar-refractivity contribution is 5.93. The van der Waals surface area contributed by atoms with Crippen LogP contribution in [0.4, 0.5) is 0 Å². The van der Waals surface area contributed by atoms with E-state index in [1.54, 1.807) is 12.1 Å². The zero-order valence-corrected chi connectivity index (χ0v) is 12.1. The molecule has 0 bridgehead atoms. The molecule has 2 rings (SSSR count). The van der Waals surface area contributed by atoms with Crippen molar-refractivity contribution in [3.63, 3.8) is 0 Å². The van der Waals surface area contributed by atoms with E-state index in [-0.39, 0.29) is 12.3 Å². The lowest BCUT2D eigenvalue weighted by Gasteiger charge is -2.08. The molecule has 0 saturated carbocycles. The van der Waals surface area contributed by atoms with E-state index < -0.39 is 11.8 Å². The molecule has 0 atom stereocenters. The van der Waals surface area contributed by atoms with E-state index in [4.69, 9.17) is 4.74 Å². The Labute approximate surface area is 127 Å². The lowest BCUT2D eigenvalue weighted by Crippen LogP contribution is -2.44. The zero-order chi connectivity index (χ0) is 15.8. The van der Waals surface area contributed by atoms with Crippen molar-refractivity contribution in [3.05, 3.63) is 54.1 Å². The summed E-state index contributed by atoms with van der Waals surface area (Å²) in [5.74, 6) is -0.432. The van der Waals surface area contributed by atoms with Crippen molar-refractivity contribution in [1.29, 1.82) is 0 Å². The molecule has 22 heavy (non-hydrogen) atoms. The van der Waals surface area contributed by atoms with E-state index in [0.29, 0.717) is 5.75 Å². The average molecular weight is 300 g/mol. The number of amides is 2. The largest absolute Gasteiger partial charge is 0.484 e. The van der Waals surface area contributed by atoms with Gasteiger partial charge in [-0.05, 0) is 24.1 Å². The lowest BCUT2D eigenvalue weighted by molar-refractivity contribution is -0.123. The van der Waals surface area contributed by atoms with Gasteiger partial charge in [-0.2, -0.15) is 0 Å². The number of hydrogen-bond acceptors (Lipinski definition) is 5. The predicted octanol–water partition coefficient (Wildman–Crippen LogP) is 0.879. The highest BCUT2D eigenvalue weighted by Crippen LogP contribution is 2.12. The first-order valence-electron chi connectivity index (χ1n) is 6.76. The third-order valence-corrected chi connectivity index (χ3v) is 2.81. The Morgan fingerprint density at radius 2 is 1.91 bits per heavy atom. The van der Waals surface area contributed by atoms with Gasteiger partial charge in [0.2, 0.25) is 0 Å². The van der Waals surface area contributed by atoms with Crippen LogP contribution in [0.2, 0.25) is 0 Å². The first-order valence-corrected chi connectivity index (χ1v) is 6.76. The Morgan fingerprint density at radius 3 is 2.55 bits per heavy atom. The first-order chi connectivity index (χ1) is 10.7. The quantitative estimate of drug-likeness (QED) is 0.800. The summed E-state index contributed by atoms with van der Waals surface area (Å²) in [6.45, 7) is 1.86. The van der Waals surface area contributed by atoms with E-state index in [0.717, 1.165) is 6.42 Å². The molecule has 0 saturated heterocycles. The smallest absolute Gasteiger partial charge is 0.289 e. The van der Waals surface area contributed by atoms with Crippen molar-refractivity contribution in [2.45, 2.75) is 13.3 Å². The van der Waals surface area contributed by atoms with Crippen molar-refractivity contribution in [1.82, 2.24) is 20.8 Å². The number of rotatable bonds is 5. The molecule has 2 amide bonds. The summed E-state index contributed by atoms with van der Waals surface area (Å²) in [6, 6.07) is 7.46. The van der Waals surface area contributed by atoms with Crippen molar-refractivity contribution < 1.29 is 14.3 Å². The number of aryl methyl sites for hydroxylation is 1. The topological polar surface area (TPSA) is 93.2 Å². The predicted molar refractivity (Wildman–Crippen MR) is 79.0 cm³/mol. The fourth-order valence-electron chi connectivity index (χ4n) is 1.61. The third-order valence-electron chi connectivity index (χ3n) is 2.81. The number of benzene rings is 1. The summed E-state index contributed by atoms with van der Waals surface area (Å²) in [6.07, 6.45) is 5.08. The Kier molecular flexibility index (Phi) is 5.42. The van der Waals surface area contributed by atoms with Gasteiger partial charge in [-0.3, -0.25) is 25.4 Å². The van der Waals surface area contributed by atoms with Gasteiger partial charge in [0.05, 0.1) is 6.20 Å². The van der Waals surface area contributed by atoms with Crippen LogP contribution in [-0.4, -0.2) is 28.4 Å². The summed E-state index contributed by atoms with van der Waals surface area (Å²) >= 11 is 0. The van der Waals surface area contributed by atoms with Crippen LogP contribution in [0.5, 0.6) is 5.75 Å². The number of aromatic nitrogens is 2. The van der Waals surface area contributed by atoms with Crippen LogP contribution in [0.15, 0.2) is 42.9 Å².